The van der Waals surface area contributed by atoms with Crippen LogP contribution in [0.4, 0.5) is 4.79 Å². The fraction of sp³-hybridized carbons (Fsp3) is 0.350. The molecule has 1 aromatic carbocycles. The van der Waals surface area contributed by atoms with Crippen molar-refractivity contribution in [1.29, 1.82) is 0 Å². The van der Waals surface area contributed by atoms with Gasteiger partial charge in [-0.3, -0.25) is 14.9 Å². The van der Waals surface area contributed by atoms with Gasteiger partial charge in [0.05, 0.1) is 19.6 Å². The highest BCUT2D eigenvalue weighted by molar-refractivity contribution is 7.09. The summed E-state index contributed by atoms with van der Waals surface area (Å²) < 4.78 is 15.6. The smallest absolute Gasteiger partial charge is 0.321 e. The minimum atomic E-state index is -0.695. The maximum absolute atomic E-state index is 11.7. The number of carbonyl (C=O) groups excluding carboxylic acids is 3. The Hall–Kier alpha value is -3.07. The van der Waals surface area contributed by atoms with Crippen LogP contribution in [0, 0.1) is 0 Å². The zero-order valence-electron chi connectivity index (χ0n) is 16.1. The Labute approximate surface area is 173 Å². The lowest BCUT2D eigenvalue weighted by Crippen LogP contribution is -2.42. The zero-order valence-corrected chi connectivity index (χ0v) is 17.0. The van der Waals surface area contributed by atoms with Crippen molar-refractivity contribution in [1.82, 2.24) is 10.6 Å². The first kappa shape index (κ1) is 22.2. The number of benzene rings is 1. The molecule has 0 unspecified atom stereocenters. The molecule has 9 heteroatoms. The number of amides is 3. The fourth-order valence-corrected chi connectivity index (χ4v) is 2.94. The molecule has 29 heavy (non-hydrogen) atoms. The summed E-state index contributed by atoms with van der Waals surface area (Å²) in [5.41, 5.74) is 0. The van der Waals surface area contributed by atoms with Gasteiger partial charge in [0.2, 0.25) is 0 Å². The molecule has 0 fully saturated rings. The van der Waals surface area contributed by atoms with Gasteiger partial charge in [-0.05, 0) is 49.1 Å². The van der Waals surface area contributed by atoms with E-state index in [1.165, 1.54) is 0 Å². The predicted molar refractivity (Wildman–Crippen MR) is 108 cm³/mol. The molecule has 2 aromatic rings. The van der Waals surface area contributed by atoms with Gasteiger partial charge in [0.1, 0.15) is 11.5 Å². The van der Waals surface area contributed by atoms with E-state index in [2.05, 4.69) is 10.6 Å². The van der Waals surface area contributed by atoms with Crippen molar-refractivity contribution >= 4 is 29.2 Å². The van der Waals surface area contributed by atoms with Crippen LogP contribution >= 0.6 is 11.3 Å². The largest absolute Gasteiger partial charge is 0.494 e. The number of rotatable bonds is 11. The van der Waals surface area contributed by atoms with Gasteiger partial charge in [0.25, 0.3) is 5.91 Å². The molecule has 1 heterocycles. The van der Waals surface area contributed by atoms with Gasteiger partial charge in [0, 0.05) is 11.4 Å². The lowest BCUT2D eigenvalue weighted by Gasteiger charge is -2.09. The number of urea groups is 1. The predicted octanol–water partition coefficient (Wildman–Crippen LogP) is 2.53. The van der Waals surface area contributed by atoms with E-state index in [0.29, 0.717) is 25.3 Å². The van der Waals surface area contributed by atoms with Crippen molar-refractivity contribution in [2.24, 2.45) is 0 Å². The van der Waals surface area contributed by atoms with Crippen LogP contribution in [0.25, 0.3) is 0 Å². The van der Waals surface area contributed by atoms with Gasteiger partial charge in [-0.15, -0.1) is 11.3 Å². The number of ether oxygens (including phenoxy) is 3. The summed E-state index contributed by atoms with van der Waals surface area (Å²) in [6.45, 7) is 2.46. The maximum atomic E-state index is 11.7. The Morgan fingerprint density at radius 1 is 1.03 bits per heavy atom. The third kappa shape index (κ3) is 9.11. The zero-order chi connectivity index (χ0) is 20.9. The summed E-state index contributed by atoms with van der Waals surface area (Å²) in [6.07, 6.45) is 0.663. The summed E-state index contributed by atoms with van der Waals surface area (Å²) in [4.78, 5) is 36.1. The molecule has 0 saturated carbocycles. The van der Waals surface area contributed by atoms with Crippen molar-refractivity contribution in [3.8, 4) is 11.5 Å². The van der Waals surface area contributed by atoms with Crippen molar-refractivity contribution in [2.45, 2.75) is 19.8 Å². The van der Waals surface area contributed by atoms with Crippen LogP contribution in [0.5, 0.6) is 11.5 Å². The van der Waals surface area contributed by atoms with Crippen molar-refractivity contribution in [3.05, 3.63) is 46.7 Å². The van der Waals surface area contributed by atoms with Gasteiger partial charge in [0.15, 0.2) is 6.61 Å². The molecule has 0 radical (unpaired) electrons. The second-order valence-electron chi connectivity index (χ2n) is 5.80. The van der Waals surface area contributed by atoms with E-state index in [0.717, 1.165) is 10.6 Å². The molecular formula is C20H24N2O6S. The summed E-state index contributed by atoms with van der Waals surface area (Å²) in [5.74, 6) is 0.0441. The molecule has 3 amide bonds. The molecule has 0 aliphatic carbocycles. The first-order valence-electron chi connectivity index (χ1n) is 9.18. The number of hydrogen-bond donors (Lipinski definition) is 2. The molecule has 1 aromatic heterocycles. The van der Waals surface area contributed by atoms with E-state index >= 15 is 0 Å². The second kappa shape index (κ2) is 12.4. The summed E-state index contributed by atoms with van der Waals surface area (Å²) in [5, 5.41) is 6.63. The fourth-order valence-electron chi connectivity index (χ4n) is 2.23. The van der Waals surface area contributed by atoms with Crippen LogP contribution in [0.2, 0.25) is 0 Å². The summed E-state index contributed by atoms with van der Waals surface area (Å²) in [6, 6.07) is 10.3. The third-order valence-corrected chi connectivity index (χ3v) is 4.50. The van der Waals surface area contributed by atoms with Crippen molar-refractivity contribution in [2.75, 3.05) is 26.4 Å². The molecule has 0 aliphatic heterocycles. The van der Waals surface area contributed by atoms with E-state index in [-0.39, 0.29) is 13.0 Å². The Morgan fingerprint density at radius 3 is 2.41 bits per heavy atom. The SMILES string of the molecule is CCOc1ccc(OCCC(=O)OCC(=O)NC(=O)NCCc2cccs2)cc1. The average Bonchev–Trinajstić information content (AvgIpc) is 3.21. The highest BCUT2D eigenvalue weighted by Gasteiger charge is 2.11. The van der Waals surface area contributed by atoms with Crippen LogP contribution < -0.4 is 20.1 Å². The Kier molecular flexibility index (Phi) is 9.50. The van der Waals surface area contributed by atoms with E-state index in [1.807, 2.05) is 24.4 Å². The second-order valence-corrected chi connectivity index (χ2v) is 6.83. The molecule has 0 atom stereocenters. The van der Waals surface area contributed by atoms with E-state index in [1.54, 1.807) is 35.6 Å². The van der Waals surface area contributed by atoms with Crippen LogP contribution in [-0.2, 0) is 20.7 Å². The van der Waals surface area contributed by atoms with Crippen LogP contribution in [0.15, 0.2) is 41.8 Å². The van der Waals surface area contributed by atoms with E-state index in [9.17, 15) is 14.4 Å². The Bertz CT molecular complexity index is 777. The highest BCUT2D eigenvalue weighted by Crippen LogP contribution is 2.17. The third-order valence-electron chi connectivity index (χ3n) is 3.56. The Morgan fingerprint density at radius 2 is 1.76 bits per heavy atom. The number of hydrogen-bond acceptors (Lipinski definition) is 7. The number of carbonyl (C=O) groups is 3. The lowest BCUT2D eigenvalue weighted by atomic mass is 10.3. The molecular weight excluding hydrogens is 396 g/mol. The van der Waals surface area contributed by atoms with Gasteiger partial charge in [-0.25, -0.2) is 4.79 Å². The number of imide groups is 1. The molecule has 0 spiro atoms. The van der Waals surface area contributed by atoms with Gasteiger partial charge in [-0.1, -0.05) is 6.07 Å². The van der Waals surface area contributed by atoms with E-state index < -0.39 is 24.5 Å². The quantitative estimate of drug-likeness (QED) is 0.542. The Balaban J connectivity index is 1.54. The van der Waals surface area contributed by atoms with Crippen LogP contribution in [0.1, 0.15) is 18.2 Å². The topological polar surface area (TPSA) is 103 Å². The first-order chi connectivity index (χ1) is 14.1. The summed E-state index contributed by atoms with van der Waals surface area (Å²) in [7, 11) is 0. The van der Waals surface area contributed by atoms with Crippen LogP contribution in [-0.4, -0.2) is 44.3 Å². The molecule has 0 aliphatic rings. The van der Waals surface area contributed by atoms with Crippen LogP contribution in [0.3, 0.4) is 0 Å². The molecule has 2 N–H and O–H groups in total. The minimum Gasteiger partial charge on any atom is -0.494 e. The minimum absolute atomic E-state index is 0.0203. The van der Waals surface area contributed by atoms with Crippen molar-refractivity contribution in [3.63, 3.8) is 0 Å². The number of esters is 1. The van der Waals surface area contributed by atoms with Crippen molar-refractivity contribution < 1.29 is 28.6 Å². The molecule has 156 valence electrons. The summed E-state index contributed by atoms with van der Waals surface area (Å²) >= 11 is 1.60. The monoisotopic (exact) mass is 420 g/mol. The highest BCUT2D eigenvalue weighted by atomic mass is 32.1. The lowest BCUT2D eigenvalue weighted by molar-refractivity contribution is -0.148. The van der Waals surface area contributed by atoms with Gasteiger partial charge < -0.3 is 19.5 Å². The van der Waals surface area contributed by atoms with Gasteiger partial charge >= 0.3 is 12.0 Å². The normalized spacial score (nSPS) is 10.1. The molecule has 2 rings (SSSR count). The number of nitrogens with one attached hydrogen (secondary N) is 2. The average molecular weight is 420 g/mol. The first-order valence-corrected chi connectivity index (χ1v) is 10.1. The maximum Gasteiger partial charge on any atom is 0.321 e. The van der Waals surface area contributed by atoms with Gasteiger partial charge in [-0.2, -0.15) is 0 Å². The molecule has 0 bridgehead atoms. The van der Waals surface area contributed by atoms with E-state index in [4.69, 9.17) is 14.2 Å². The molecule has 8 nitrogen and oxygen atoms in total. The standard InChI is InChI=1S/C20H24N2O6S/c1-2-26-15-5-7-16(8-6-15)27-12-10-19(24)28-14-18(23)22-20(25)21-11-9-17-4-3-13-29-17/h3-8,13H,2,9-12,14H2,1H3,(H2,21,22,23,25). The molecule has 0 saturated heterocycles. The number of thiophene rings is 1.